The van der Waals surface area contributed by atoms with Crippen molar-refractivity contribution in [2.45, 2.75) is 11.0 Å². The lowest BCUT2D eigenvalue weighted by molar-refractivity contribution is -0.387. The molecule has 28 heavy (non-hydrogen) atoms. The smallest absolute Gasteiger partial charge is 0.339 e. The van der Waals surface area contributed by atoms with Gasteiger partial charge in [0, 0.05) is 18.7 Å². The Hall–Kier alpha value is -3.40. The van der Waals surface area contributed by atoms with E-state index in [2.05, 4.69) is 10.6 Å². The predicted molar refractivity (Wildman–Crippen MR) is 102 cm³/mol. The van der Waals surface area contributed by atoms with Crippen molar-refractivity contribution in [3.8, 4) is 0 Å². The third-order valence-electron chi connectivity index (χ3n) is 3.64. The molecule has 10 heteroatoms. The Morgan fingerprint density at radius 1 is 1.14 bits per heavy atom. The Labute approximate surface area is 164 Å². The molecule has 0 fully saturated rings. The van der Waals surface area contributed by atoms with Crippen molar-refractivity contribution >= 4 is 35.4 Å². The first kappa shape index (κ1) is 20.9. The number of urea groups is 1. The maximum Gasteiger partial charge on any atom is 0.339 e. The zero-order valence-electron chi connectivity index (χ0n) is 15.0. The van der Waals surface area contributed by atoms with Crippen LogP contribution in [-0.2, 0) is 9.53 Å². The van der Waals surface area contributed by atoms with Gasteiger partial charge in [-0.05, 0) is 18.4 Å². The van der Waals surface area contributed by atoms with Gasteiger partial charge in [0.15, 0.2) is 0 Å². The van der Waals surface area contributed by atoms with E-state index < -0.39 is 28.9 Å². The van der Waals surface area contributed by atoms with Crippen LogP contribution >= 0.6 is 11.8 Å². The molecular formula is C18H17N3O6S. The molecule has 2 aromatic rings. The highest BCUT2D eigenvalue weighted by Gasteiger charge is 2.28. The van der Waals surface area contributed by atoms with Crippen LogP contribution in [0.3, 0.4) is 0 Å². The number of amides is 3. The van der Waals surface area contributed by atoms with Crippen LogP contribution in [0.25, 0.3) is 0 Å². The summed E-state index contributed by atoms with van der Waals surface area (Å²) in [5, 5.41) is 15.5. The van der Waals surface area contributed by atoms with E-state index in [0.29, 0.717) is 10.5 Å². The van der Waals surface area contributed by atoms with Crippen LogP contribution in [0.4, 0.5) is 10.5 Å². The lowest BCUT2D eigenvalue weighted by Gasteiger charge is -2.17. The number of carbonyl (C=O) groups is 3. The van der Waals surface area contributed by atoms with Crippen molar-refractivity contribution in [2.24, 2.45) is 0 Å². The van der Waals surface area contributed by atoms with Gasteiger partial charge in [-0.25, -0.2) is 9.59 Å². The Morgan fingerprint density at radius 2 is 1.82 bits per heavy atom. The van der Waals surface area contributed by atoms with Gasteiger partial charge in [0.1, 0.15) is 0 Å². The first-order valence-electron chi connectivity index (χ1n) is 7.98. The molecule has 0 radical (unpaired) electrons. The van der Waals surface area contributed by atoms with E-state index >= 15 is 0 Å². The number of imide groups is 1. The summed E-state index contributed by atoms with van der Waals surface area (Å²) in [4.78, 5) is 47.3. The number of benzene rings is 2. The quantitative estimate of drug-likeness (QED) is 0.328. The molecule has 9 nitrogen and oxygen atoms in total. The van der Waals surface area contributed by atoms with Gasteiger partial charge in [0.05, 0.1) is 15.4 Å². The predicted octanol–water partition coefficient (Wildman–Crippen LogP) is 2.67. The number of esters is 1. The van der Waals surface area contributed by atoms with Crippen LogP contribution in [0, 0.1) is 10.1 Å². The average molecular weight is 403 g/mol. The molecule has 0 aromatic heterocycles. The number of nitrogens with one attached hydrogen (secondary N) is 2. The molecule has 2 rings (SSSR count). The van der Waals surface area contributed by atoms with E-state index in [1.165, 1.54) is 30.9 Å². The Balaban J connectivity index is 2.32. The fraction of sp³-hybridized carbons (Fsp3) is 0.167. The van der Waals surface area contributed by atoms with Gasteiger partial charge in [-0.2, -0.15) is 0 Å². The molecule has 3 amide bonds. The molecule has 0 spiro atoms. The minimum absolute atomic E-state index is 0.0850. The first-order chi connectivity index (χ1) is 13.4. The normalized spacial score (nSPS) is 11.2. The van der Waals surface area contributed by atoms with Crippen LogP contribution < -0.4 is 10.6 Å². The molecule has 146 valence electrons. The number of hydrogen-bond acceptors (Lipinski definition) is 7. The molecule has 0 bridgehead atoms. The summed E-state index contributed by atoms with van der Waals surface area (Å²) >= 11 is 1.17. The summed E-state index contributed by atoms with van der Waals surface area (Å²) in [6, 6.07) is 11.2. The van der Waals surface area contributed by atoms with Gasteiger partial charge in [0.25, 0.3) is 11.6 Å². The monoisotopic (exact) mass is 403 g/mol. The number of carbonyl (C=O) groups excluding carboxylic acids is 3. The maximum absolute atomic E-state index is 12.5. The van der Waals surface area contributed by atoms with Crippen LogP contribution in [0.2, 0.25) is 0 Å². The average Bonchev–Trinajstić information content (AvgIpc) is 2.71. The molecule has 1 atom stereocenters. The standard InChI is InChI=1S/C18H17N3O6S/c1-19-18(24)20-16(22)15(11-6-4-3-5-7-11)27-17(23)12-8-9-14(28-2)13(10-12)21(25)26/h3-10,15H,1-2H3,(H2,19,20,22,24)/t15-/m0/s1. The van der Waals surface area contributed by atoms with Crippen molar-refractivity contribution in [1.29, 1.82) is 0 Å². The highest BCUT2D eigenvalue weighted by Crippen LogP contribution is 2.29. The van der Waals surface area contributed by atoms with Crippen molar-refractivity contribution in [3.63, 3.8) is 0 Å². The second-order valence-electron chi connectivity index (χ2n) is 5.41. The van der Waals surface area contributed by atoms with Gasteiger partial charge in [0.2, 0.25) is 6.10 Å². The molecule has 0 unspecified atom stereocenters. The number of ether oxygens (including phenoxy) is 1. The fourth-order valence-electron chi connectivity index (χ4n) is 2.28. The third-order valence-corrected chi connectivity index (χ3v) is 4.43. The van der Waals surface area contributed by atoms with Crippen LogP contribution in [0.5, 0.6) is 0 Å². The van der Waals surface area contributed by atoms with Crippen molar-refractivity contribution in [2.75, 3.05) is 13.3 Å². The van der Waals surface area contributed by atoms with E-state index in [0.717, 1.165) is 6.07 Å². The fourth-order valence-corrected chi connectivity index (χ4v) is 2.82. The van der Waals surface area contributed by atoms with E-state index in [1.54, 1.807) is 36.6 Å². The topological polar surface area (TPSA) is 128 Å². The third kappa shape index (κ3) is 5.07. The van der Waals surface area contributed by atoms with Gasteiger partial charge in [-0.1, -0.05) is 30.3 Å². The van der Waals surface area contributed by atoms with Crippen LogP contribution in [-0.4, -0.2) is 36.1 Å². The first-order valence-corrected chi connectivity index (χ1v) is 9.20. The molecule has 0 saturated carbocycles. The Bertz CT molecular complexity index is 903. The SMILES string of the molecule is CNC(=O)NC(=O)[C@@H](OC(=O)c1ccc(SC)c([N+](=O)[O-])c1)c1ccccc1. The largest absolute Gasteiger partial charge is 0.444 e. The van der Waals surface area contributed by atoms with Gasteiger partial charge in [-0.3, -0.25) is 20.2 Å². The number of nitro groups is 1. The second-order valence-corrected chi connectivity index (χ2v) is 6.26. The minimum atomic E-state index is -1.41. The van der Waals surface area contributed by atoms with Crippen LogP contribution in [0.1, 0.15) is 22.0 Å². The van der Waals surface area contributed by atoms with Crippen molar-refractivity contribution < 1.29 is 24.0 Å². The molecule has 0 aliphatic rings. The highest BCUT2D eigenvalue weighted by atomic mass is 32.2. The van der Waals surface area contributed by atoms with Crippen molar-refractivity contribution in [1.82, 2.24) is 10.6 Å². The molecular weight excluding hydrogens is 386 g/mol. The Morgan fingerprint density at radius 3 is 2.39 bits per heavy atom. The Kier molecular flexibility index (Phi) is 7.10. The van der Waals surface area contributed by atoms with Gasteiger partial charge >= 0.3 is 12.0 Å². The summed E-state index contributed by atoms with van der Waals surface area (Å²) in [6.45, 7) is 0. The van der Waals surface area contributed by atoms with E-state index in [4.69, 9.17) is 4.74 Å². The van der Waals surface area contributed by atoms with Gasteiger partial charge in [-0.15, -0.1) is 11.8 Å². The van der Waals surface area contributed by atoms with Crippen molar-refractivity contribution in [3.05, 3.63) is 69.8 Å². The minimum Gasteiger partial charge on any atom is -0.444 e. The van der Waals surface area contributed by atoms with Crippen LogP contribution in [0.15, 0.2) is 53.4 Å². The molecule has 0 aliphatic carbocycles. The maximum atomic E-state index is 12.5. The molecule has 2 N–H and O–H groups in total. The number of rotatable bonds is 6. The zero-order chi connectivity index (χ0) is 20.7. The number of hydrogen-bond donors (Lipinski definition) is 2. The van der Waals surface area contributed by atoms with E-state index in [1.807, 2.05) is 0 Å². The van der Waals surface area contributed by atoms with Gasteiger partial charge < -0.3 is 10.1 Å². The zero-order valence-corrected chi connectivity index (χ0v) is 15.8. The summed E-state index contributed by atoms with van der Waals surface area (Å²) in [5.74, 6) is -1.79. The summed E-state index contributed by atoms with van der Waals surface area (Å²) in [5.41, 5.74) is 0.0127. The molecule has 0 saturated heterocycles. The second kappa shape index (κ2) is 9.51. The summed E-state index contributed by atoms with van der Waals surface area (Å²) < 4.78 is 5.28. The molecule has 2 aromatic carbocycles. The van der Waals surface area contributed by atoms with E-state index in [-0.39, 0.29) is 11.3 Å². The lowest BCUT2D eigenvalue weighted by Crippen LogP contribution is -2.41. The number of nitro benzene ring substituents is 1. The summed E-state index contributed by atoms with van der Waals surface area (Å²) in [6.07, 6.45) is 0.264. The lowest BCUT2D eigenvalue weighted by atomic mass is 10.1. The van der Waals surface area contributed by atoms with E-state index in [9.17, 15) is 24.5 Å². The summed E-state index contributed by atoms with van der Waals surface area (Å²) in [7, 11) is 1.33. The highest BCUT2D eigenvalue weighted by molar-refractivity contribution is 7.98. The molecule has 0 heterocycles. The number of nitrogens with zero attached hydrogens (tertiary/aromatic N) is 1. The molecule has 0 aliphatic heterocycles. The number of thioether (sulfide) groups is 1.